The second-order valence-corrected chi connectivity index (χ2v) is 6.96. The van der Waals surface area contributed by atoms with Crippen molar-refractivity contribution >= 4 is 27.9 Å². The standard InChI is InChI=1S/C20H21N7/c1-12-11-23-13(2)20-25-17(26-27(12)20)8-6-15-5-3-14-4-7-16-19(18(14)24-15)22-10-9-21-16/h3-5,7,11,21-22H,6,8-10H2,1-2H3. The van der Waals surface area contributed by atoms with E-state index in [1.807, 2.05) is 24.6 Å². The minimum Gasteiger partial charge on any atom is -0.382 e. The monoisotopic (exact) mass is 359 g/mol. The lowest BCUT2D eigenvalue weighted by Gasteiger charge is -2.21. The second kappa shape index (κ2) is 6.19. The smallest absolute Gasteiger partial charge is 0.177 e. The number of rotatable bonds is 3. The summed E-state index contributed by atoms with van der Waals surface area (Å²) in [4.78, 5) is 13.9. The van der Waals surface area contributed by atoms with Crippen molar-refractivity contribution in [2.45, 2.75) is 26.7 Å². The lowest BCUT2D eigenvalue weighted by atomic mass is 10.1. The van der Waals surface area contributed by atoms with Crippen LogP contribution in [-0.4, -0.2) is 37.7 Å². The zero-order chi connectivity index (χ0) is 18.4. The number of hydrogen-bond donors (Lipinski definition) is 2. The summed E-state index contributed by atoms with van der Waals surface area (Å²) in [5, 5.41) is 12.7. The first-order valence-electron chi connectivity index (χ1n) is 9.27. The third-order valence-electron chi connectivity index (χ3n) is 5.02. The van der Waals surface area contributed by atoms with E-state index in [2.05, 4.69) is 50.0 Å². The molecule has 0 unspecified atom stereocenters. The van der Waals surface area contributed by atoms with Crippen molar-refractivity contribution in [3.63, 3.8) is 0 Å². The van der Waals surface area contributed by atoms with Crippen molar-refractivity contribution in [3.05, 3.63) is 53.4 Å². The lowest BCUT2D eigenvalue weighted by Crippen LogP contribution is -2.20. The highest BCUT2D eigenvalue weighted by atomic mass is 15.3. The van der Waals surface area contributed by atoms with Gasteiger partial charge in [-0.05, 0) is 32.4 Å². The maximum absolute atomic E-state index is 4.92. The quantitative estimate of drug-likeness (QED) is 0.585. The van der Waals surface area contributed by atoms with Crippen LogP contribution in [0.15, 0.2) is 30.5 Å². The van der Waals surface area contributed by atoms with E-state index in [0.29, 0.717) is 0 Å². The molecule has 1 aliphatic heterocycles. The van der Waals surface area contributed by atoms with Gasteiger partial charge in [-0.15, -0.1) is 0 Å². The van der Waals surface area contributed by atoms with E-state index >= 15 is 0 Å². The van der Waals surface area contributed by atoms with Crippen LogP contribution in [0.5, 0.6) is 0 Å². The van der Waals surface area contributed by atoms with Crippen LogP contribution in [-0.2, 0) is 12.8 Å². The Balaban J connectivity index is 1.45. The fourth-order valence-corrected chi connectivity index (χ4v) is 3.56. The molecule has 5 rings (SSSR count). The van der Waals surface area contributed by atoms with Gasteiger partial charge in [-0.2, -0.15) is 5.10 Å². The Bertz CT molecular complexity index is 1120. The maximum atomic E-state index is 4.92. The Morgan fingerprint density at radius 1 is 1.00 bits per heavy atom. The van der Waals surface area contributed by atoms with Gasteiger partial charge in [0.25, 0.3) is 0 Å². The van der Waals surface area contributed by atoms with E-state index in [4.69, 9.17) is 4.98 Å². The Labute approximate surface area is 156 Å². The Hall–Kier alpha value is -3.22. The largest absolute Gasteiger partial charge is 0.382 e. The fraction of sp³-hybridized carbons (Fsp3) is 0.300. The molecule has 0 amide bonds. The Morgan fingerprint density at radius 2 is 1.85 bits per heavy atom. The molecule has 0 aliphatic carbocycles. The van der Waals surface area contributed by atoms with Crippen molar-refractivity contribution in [1.82, 2.24) is 24.6 Å². The normalized spacial score (nSPS) is 13.4. The number of pyridine rings is 1. The topological polar surface area (TPSA) is 80.0 Å². The van der Waals surface area contributed by atoms with Gasteiger partial charge in [0, 0.05) is 36.8 Å². The Kier molecular flexibility index (Phi) is 3.67. The van der Waals surface area contributed by atoms with Crippen LogP contribution in [0.1, 0.15) is 22.9 Å². The zero-order valence-corrected chi connectivity index (χ0v) is 15.5. The molecule has 1 aliphatic rings. The fourth-order valence-electron chi connectivity index (χ4n) is 3.56. The van der Waals surface area contributed by atoms with Crippen LogP contribution < -0.4 is 10.6 Å². The molecule has 3 aromatic heterocycles. The highest BCUT2D eigenvalue weighted by molar-refractivity contribution is 5.98. The van der Waals surface area contributed by atoms with Gasteiger partial charge in [-0.3, -0.25) is 9.97 Å². The summed E-state index contributed by atoms with van der Waals surface area (Å²) in [6.45, 7) is 5.80. The number of hydrogen-bond acceptors (Lipinski definition) is 6. The first kappa shape index (κ1) is 16.0. The van der Waals surface area contributed by atoms with Crippen LogP contribution in [0.4, 0.5) is 11.4 Å². The number of aromatic nitrogens is 5. The highest BCUT2D eigenvalue weighted by Crippen LogP contribution is 2.32. The number of anilines is 2. The number of nitrogens with zero attached hydrogens (tertiary/aromatic N) is 5. The molecule has 4 heterocycles. The van der Waals surface area contributed by atoms with E-state index in [-0.39, 0.29) is 0 Å². The van der Waals surface area contributed by atoms with E-state index in [0.717, 1.165) is 76.8 Å². The van der Waals surface area contributed by atoms with Gasteiger partial charge in [-0.1, -0.05) is 12.1 Å². The molecule has 1 aromatic carbocycles. The first-order chi connectivity index (χ1) is 13.2. The zero-order valence-electron chi connectivity index (χ0n) is 15.5. The highest BCUT2D eigenvalue weighted by Gasteiger charge is 2.14. The number of fused-ring (bicyclic) bond motifs is 4. The molecule has 0 atom stereocenters. The van der Waals surface area contributed by atoms with Gasteiger partial charge in [0.2, 0.25) is 0 Å². The Morgan fingerprint density at radius 3 is 2.74 bits per heavy atom. The van der Waals surface area contributed by atoms with Crippen LogP contribution in [0.2, 0.25) is 0 Å². The number of aryl methyl sites for hydroxylation is 4. The molecule has 0 fully saturated rings. The number of nitrogens with one attached hydrogen (secondary N) is 2. The number of benzene rings is 1. The molecule has 2 N–H and O–H groups in total. The molecule has 0 bridgehead atoms. The molecular formula is C20H21N7. The summed E-state index contributed by atoms with van der Waals surface area (Å²) >= 11 is 0. The SMILES string of the molecule is Cc1ncc(C)n2nc(CCc3ccc4ccc5c(c4n3)NCCN5)nc12. The molecule has 0 saturated carbocycles. The summed E-state index contributed by atoms with van der Waals surface area (Å²) in [7, 11) is 0. The van der Waals surface area contributed by atoms with Crippen molar-refractivity contribution in [2.24, 2.45) is 0 Å². The average Bonchev–Trinajstić information content (AvgIpc) is 3.15. The molecular weight excluding hydrogens is 338 g/mol. The molecule has 0 radical (unpaired) electrons. The lowest BCUT2D eigenvalue weighted by molar-refractivity contribution is 0.808. The van der Waals surface area contributed by atoms with E-state index in [9.17, 15) is 0 Å². The minimum atomic E-state index is 0.750. The van der Waals surface area contributed by atoms with Crippen molar-refractivity contribution in [3.8, 4) is 0 Å². The van der Waals surface area contributed by atoms with E-state index in [1.165, 1.54) is 0 Å². The van der Waals surface area contributed by atoms with Crippen molar-refractivity contribution in [1.29, 1.82) is 0 Å². The van der Waals surface area contributed by atoms with Gasteiger partial charge >= 0.3 is 0 Å². The van der Waals surface area contributed by atoms with Gasteiger partial charge in [0.1, 0.15) is 0 Å². The molecule has 7 nitrogen and oxygen atoms in total. The predicted molar refractivity (Wildman–Crippen MR) is 106 cm³/mol. The van der Waals surface area contributed by atoms with Crippen molar-refractivity contribution < 1.29 is 0 Å². The summed E-state index contributed by atoms with van der Waals surface area (Å²) in [5.41, 5.74) is 7.02. The molecule has 136 valence electrons. The first-order valence-corrected chi connectivity index (χ1v) is 9.27. The third kappa shape index (κ3) is 2.75. The summed E-state index contributed by atoms with van der Waals surface area (Å²) in [5.74, 6) is 0.825. The van der Waals surface area contributed by atoms with Crippen LogP contribution in [0.25, 0.3) is 16.6 Å². The second-order valence-electron chi connectivity index (χ2n) is 6.96. The van der Waals surface area contributed by atoms with Crippen molar-refractivity contribution in [2.75, 3.05) is 23.7 Å². The molecule has 27 heavy (non-hydrogen) atoms. The summed E-state index contributed by atoms with van der Waals surface area (Å²) < 4.78 is 1.87. The molecule has 0 saturated heterocycles. The van der Waals surface area contributed by atoms with Gasteiger partial charge < -0.3 is 10.6 Å². The molecule has 4 aromatic rings. The molecule has 7 heteroatoms. The third-order valence-corrected chi connectivity index (χ3v) is 5.02. The van der Waals surface area contributed by atoms with Gasteiger partial charge in [0.15, 0.2) is 11.5 Å². The summed E-state index contributed by atoms with van der Waals surface area (Å²) in [6.07, 6.45) is 3.38. The maximum Gasteiger partial charge on any atom is 0.177 e. The van der Waals surface area contributed by atoms with Gasteiger partial charge in [-0.25, -0.2) is 9.50 Å². The molecule has 0 spiro atoms. The van der Waals surface area contributed by atoms with Crippen LogP contribution >= 0.6 is 0 Å². The van der Waals surface area contributed by atoms with Crippen LogP contribution in [0.3, 0.4) is 0 Å². The average molecular weight is 359 g/mol. The van der Waals surface area contributed by atoms with Gasteiger partial charge in [0.05, 0.1) is 28.3 Å². The van der Waals surface area contributed by atoms with E-state index < -0.39 is 0 Å². The predicted octanol–water partition coefficient (Wildman–Crippen LogP) is 2.91. The van der Waals surface area contributed by atoms with E-state index in [1.54, 1.807) is 0 Å². The van der Waals surface area contributed by atoms with Crippen LogP contribution in [0, 0.1) is 13.8 Å². The summed E-state index contributed by atoms with van der Waals surface area (Å²) in [6, 6.07) is 8.47. The minimum absolute atomic E-state index is 0.750.